The number of rotatable bonds is 8. The quantitative estimate of drug-likeness (QED) is 0.764. The average Bonchev–Trinajstić information content (AvgIpc) is 2.66. The second-order valence-corrected chi connectivity index (χ2v) is 6.30. The van der Waals surface area contributed by atoms with E-state index in [9.17, 15) is 9.59 Å². The molecule has 0 aromatic heterocycles. The van der Waals surface area contributed by atoms with Crippen molar-refractivity contribution in [2.45, 2.75) is 39.5 Å². The van der Waals surface area contributed by atoms with Gasteiger partial charge in [-0.1, -0.05) is 31.2 Å². The molecular formula is C21H26N2O3. The normalized spacial score (nSPS) is 11.7. The second-order valence-electron chi connectivity index (χ2n) is 6.30. The molecule has 0 aliphatic heterocycles. The van der Waals surface area contributed by atoms with E-state index in [1.54, 1.807) is 25.3 Å². The van der Waals surface area contributed by atoms with Gasteiger partial charge in [-0.05, 0) is 48.7 Å². The fourth-order valence-electron chi connectivity index (χ4n) is 2.49. The number of methoxy groups -OCH3 is 1. The number of nitrogens with one attached hydrogen (secondary N) is 2. The molecule has 0 saturated carbocycles. The predicted octanol–water partition coefficient (Wildman–Crippen LogP) is 3.29. The van der Waals surface area contributed by atoms with Crippen LogP contribution in [0, 0.1) is 0 Å². The van der Waals surface area contributed by atoms with Crippen molar-refractivity contribution in [3.8, 4) is 0 Å². The summed E-state index contributed by atoms with van der Waals surface area (Å²) in [6, 6.07) is 14.8. The molecule has 2 amide bonds. The molecule has 0 fully saturated rings. The third-order valence-electron chi connectivity index (χ3n) is 4.13. The Hall–Kier alpha value is -2.66. The summed E-state index contributed by atoms with van der Waals surface area (Å²) in [7, 11) is 1.62. The maximum atomic E-state index is 12.3. The molecule has 5 heteroatoms. The van der Waals surface area contributed by atoms with Gasteiger partial charge < -0.3 is 15.4 Å². The summed E-state index contributed by atoms with van der Waals surface area (Å²) >= 11 is 0. The van der Waals surface area contributed by atoms with Gasteiger partial charge in [0.25, 0.3) is 11.8 Å². The molecule has 2 rings (SSSR count). The first-order valence-corrected chi connectivity index (χ1v) is 8.79. The van der Waals surface area contributed by atoms with Crippen molar-refractivity contribution in [3.05, 3.63) is 70.8 Å². The van der Waals surface area contributed by atoms with E-state index in [1.165, 1.54) is 0 Å². The van der Waals surface area contributed by atoms with Gasteiger partial charge in [-0.3, -0.25) is 9.59 Å². The molecule has 1 atom stereocenters. The maximum Gasteiger partial charge on any atom is 0.251 e. The third kappa shape index (κ3) is 5.70. The van der Waals surface area contributed by atoms with Gasteiger partial charge in [0, 0.05) is 30.8 Å². The molecule has 0 aliphatic rings. The lowest BCUT2D eigenvalue weighted by Crippen LogP contribution is -2.32. The summed E-state index contributed by atoms with van der Waals surface area (Å²) in [4.78, 5) is 24.6. The standard InChI is InChI=1S/C21H26N2O3/c1-4-15(2)23-21(25)19-10-5-7-16(11-19)13-22-20(24)18-9-6-8-17(12-18)14-26-3/h5-12,15H,4,13-14H2,1-3H3,(H,22,24)(H,23,25). The number of hydrogen-bond acceptors (Lipinski definition) is 3. The van der Waals surface area contributed by atoms with E-state index in [2.05, 4.69) is 10.6 Å². The van der Waals surface area contributed by atoms with Crippen LogP contribution < -0.4 is 10.6 Å². The maximum absolute atomic E-state index is 12.3. The van der Waals surface area contributed by atoms with E-state index in [0.29, 0.717) is 24.3 Å². The lowest BCUT2D eigenvalue weighted by molar-refractivity contribution is 0.0936. The van der Waals surface area contributed by atoms with Crippen LogP contribution in [0.5, 0.6) is 0 Å². The minimum absolute atomic E-state index is 0.0974. The molecule has 0 heterocycles. The monoisotopic (exact) mass is 354 g/mol. The first-order chi connectivity index (χ1) is 12.5. The van der Waals surface area contributed by atoms with E-state index in [-0.39, 0.29) is 17.9 Å². The van der Waals surface area contributed by atoms with Gasteiger partial charge in [-0.25, -0.2) is 0 Å². The Morgan fingerprint density at radius 3 is 2.27 bits per heavy atom. The number of hydrogen-bond donors (Lipinski definition) is 2. The van der Waals surface area contributed by atoms with E-state index in [1.807, 2.05) is 44.2 Å². The number of carbonyl (C=O) groups is 2. The van der Waals surface area contributed by atoms with Gasteiger partial charge in [0.1, 0.15) is 0 Å². The largest absolute Gasteiger partial charge is 0.380 e. The Balaban J connectivity index is 1.99. The van der Waals surface area contributed by atoms with Crippen molar-refractivity contribution in [2.24, 2.45) is 0 Å². The summed E-state index contributed by atoms with van der Waals surface area (Å²) in [6.07, 6.45) is 0.879. The van der Waals surface area contributed by atoms with Crippen LogP contribution in [-0.2, 0) is 17.9 Å². The number of carbonyl (C=O) groups excluding carboxylic acids is 2. The number of ether oxygens (including phenoxy) is 1. The van der Waals surface area contributed by atoms with Gasteiger partial charge in [0.2, 0.25) is 0 Å². The average molecular weight is 354 g/mol. The topological polar surface area (TPSA) is 67.4 Å². The highest BCUT2D eigenvalue weighted by Crippen LogP contribution is 2.09. The van der Waals surface area contributed by atoms with Crippen LogP contribution in [0.3, 0.4) is 0 Å². The van der Waals surface area contributed by atoms with Crippen molar-refractivity contribution in [1.82, 2.24) is 10.6 Å². The molecule has 2 aromatic carbocycles. The fourth-order valence-corrected chi connectivity index (χ4v) is 2.49. The predicted molar refractivity (Wildman–Crippen MR) is 102 cm³/mol. The molecule has 2 aromatic rings. The van der Waals surface area contributed by atoms with E-state index in [0.717, 1.165) is 17.5 Å². The van der Waals surface area contributed by atoms with Crippen molar-refractivity contribution < 1.29 is 14.3 Å². The van der Waals surface area contributed by atoms with Crippen molar-refractivity contribution in [1.29, 1.82) is 0 Å². The molecule has 0 saturated heterocycles. The zero-order chi connectivity index (χ0) is 18.9. The van der Waals surface area contributed by atoms with Gasteiger partial charge in [-0.2, -0.15) is 0 Å². The van der Waals surface area contributed by atoms with Crippen LogP contribution in [0.25, 0.3) is 0 Å². The highest BCUT2D eigenvalue weighted by molar-refractivity contribution is 5.95. The highest BCUT2D eigenvalue weighted by Gasteiger charge is 2.10. The molecule has 138 valence electrons. The van der Waals surface area contributed by atoms with Gasteiger partial charge in [-0.15, -0.1) is 0 Å². The number of benzene rings is 2. The molecule has 2 N–H and O–H groups in total. The van der Waals surface area contributed by atoms with Crippen LogP contribution in [0.2, 0.25) is 0 Å². The van der Waals surface area contributed by atoms with Crippen LogP contribution in [0.1, 0.15) is 52.1 Å². The van der Waals surface area contributed by atoms with Crippen molar-refractivity contribution >= 4 is 11.8 Å². The lowest BCUT2D eigenvalue weighted by atomic mass is 10.1. The minimum atomic E-state index is -0.155. The summed E-state index contributed by atoms with van der Waals surface area (Å²) in [5.74, 6) is -0.253. The van der Waals surface area contributed by atoms with Crippen LogP contribution in [0.4, 0.5) is 0 Å². The number of amides is 2. The Morgan fingerprint density at radius 1 is 1.00 bits per heavy atom. The van der Waals surface area contributed by atoms with E-state index < -0.39 is 0 Å². The van der Waals surface area contributed by atoms with Crippen LogP contribution in [-0.4, -0.2) is 25.0 Å². The molecule has 0 spiro atoms. The summed E-state index contributed by atoms with van der Waals surface area (Å²) in [5, 5.41) is 5.84. The highest BCUT2D eigenvalue weighted by atomic mass is 16.5. The molecule has 26 heavy (non-hydrogen) atoms. The van der Waals surface area contributed by atoms with Crippen LogP contribution in [0.15, 0.2) is 48.5 Å². The molecule has 5 nitrogen and oxygen atoms in total. The molecule has 0 bridgehead atoms. The Bertz CT molecular complexity index is 758. The zero-order valence-electron chi connectivity index (χ0n) is 15.5. The van der Waals surface area contributed by atoms with E-state index >= 15 is 0 Å². The lowest BCUT2D eigenvalue weighted by Gasteiger charge is -2.12. The van der Waals surface area contributed by atoms with Crippen molar-refractivity contribution in [3.63, 3.8) is 0 Å². The Morgan fingerprint density at radius 2 is 1.62 bits per heavy atom. The molecule has 1 unspecified atom stereocenters. The van der Waals surface area contributed by atoms with Crippen molar-refractivity contribution in [2.75, 3.05) is 7.11 Å². The molecule has 0 radical (unpaired) electrons. The van der Waals surface area contributed by atoms with E-state index in [4.69, 9.17) is 4.74 Å². The minimum Gasteiger partial charge on any atom is -0.380 e. The fraction of sp³-hybridized carbons (Fsp3) is 0.333. The van der Waals surface area contributed by atoms with Gasteiger partial charge in [0.05, 0.1) is 6.61 Å². The SMILES string of the molecule is CCC(C)NC(=O)c1cccc(CNC(=O)c2cccc(COC)c2)c1. The Kier molecular flexibility index (Phi) is 7.36. The van der Waals surface area contributed by atoms with Crippen LogP contribution >= 0.6 is 0 Å². The van der Waals surface area contributed by atoms with Gasteiger partial charge >= 0.3 is 0 Å². The smallest absolute Gasteiger partial charge is 0.251 e. The first-order valence-electron chi connectivity index (χ1n) is 8.79. The summed E-state index contributed by atoms with van der Waals surface area (Å²) in [6.45, 7) is 4.82. The summed E-state index contributed by atoms with van der Waals surface area (Å²) < 4.78 is 5.09. The zero-order valence-corrected chi connectivity index (χ0v) is 15.5. The summed E-state index contributed by atoms with van der Waals surface area (Å²) in [5.41, 5.74) is 3.01. The molecule has 0 aliphatic carbocycles. The molecular weight excluding hydrogens is 328 g/mol. The first kappa shape index (κ1) is 19.7. The Labute approximate surface area is 154 Å². The third-order valence-corrected chi connectivity index (χ3v) is 4.13. The van der Waals surface area contributed by atoms with Gasteiger partial charge in [0.15, 0.2) is 0 Å². The second kappa shape index (κ2) is 9.73.